The number of carbonyl (C=O) groups is 2. The second kappa shape index (κ2) is 13.1. The molecule has 0 unspecified atom stereocenters. The molecule has 2 aromatic rings. The van der Waals surface area contributed by atoms with E-state index in [0.717, 1.165) is 30.0 Å². The molecule has 1 spiro atoms. The number of hydrogen-bond donors (Lipinski definition) is 2. The third-order valence-electron chi connectivity index (χ3n) is 7.96. The zero-order valence-corrected chi connectivity index (χ0v) is 22.4. The Kier molecular flexibility index (Phi) is 9.81. The van der Waals surface area contributed by atoms with E-state index in [0.29, 0.717) is 58.3 Å². The van der Waals surface area contributed by atoms with Crippen molar-refractivity contribution in [1.29, 1.82) is 0 Å². The largest absolute Gasteiger partial charge is 0.462 e. The van der Waals surface area contributed by atoms with Crippen molar-refractivity contribution in [3.63, 3.8) is 0 Å². The first-order valence-corrected chi connectivity index (χ1v) is 13.7. The Bertz CT molecular complexity index is 1120. The Morgan fingerprint density at radius 1 is 0.975 bits per heavy atom. The van der Waals surface area contributed by atoms with E-state index in [1.807, 2.05) is 18.2 Å². The maximum atomic E-state index is 13.3. The molecule has 0 aliphatic carbocycles. The van der Waals surface area contributed by atoms with Crippen LogP contribution in [0.1, 0.15) is 60.1 Å². The number of aromatic nitrogens is 1. The molecule has 3 heterocycles. The number of amides is 1. The quantitative estimate of drug-likeness (QED) is 0.550. The van der Waals surface area contributed by atoms with Crippen molar-refractivity contribution < 1.29 is 37.7 Å². The highest BCUT2D eigenvalue weighted by atomic mass is 19.4. The number of nitrogens with zero attached hydrogens (tertiary/aromatic N) is 3. The smallest absolute Gasteiger partial charge is 0.416 e. The summed E-state index contributed by atoms with van der Waals surface area (Å²) in [6.45, 7) is 2.08. The lowest BCUT2D eigenvalue weighted by Gasteiger charge is -2.40. The van der Waals surface area contributed by atoms with Crippen LogP contribution in [0.4, 0.5) is 13.2 Å². The van der Waals surface area contributed by atoms with Gasteiger partial charge in [0.05, 0.1) is 22.8 Å². The average molecular weight is 564 g/mol. The molecule has 218 valence electrons. The lowest BCUT2D eigenvalue weighted by atomic mass is 9.74. The Morgan fingerprint density at radius 3 is 2.35 bits per heavy atom. The molecule has 2 aliphatic rings. The molecule has 8 nitrogen and oxygen atoms in total. The molecular formula is C29H36F3N3O5. The minimum atomic E-state index is -4.50. The minimum absolute atomic E-state index is 0.0265. The van der Waals surface area contributed by atoms with E-state index in [2.05, 4.69) is 9.88 Å². The van der Waals surface area contributed by atoms with Crippen molar-refractivity contribution in [2.24, 2.45) is 5.41 Å². The lowest BCUT2D eigenvalue weighted by molar-refractivity contribution is -0.165. The van der Waals surface area contributed by atoms with Crippen LogP contribution in [0, 0.1) is 5.41 Å². The second-order valence-electron chi connectivity index (χ2n) is 10.7. The number of carbonyl (C=O) groups excluding carboxylic acids is 2. The zero-order chi connectivity index (χ0) is 28.8. The molecule has 40 heavy (non-hydrogen) atoms. The van der Waals surface area contributed by atoms with Crippen molar-refractivity contribution in [2.45, 2.75) is 63.5 Å². The summed E-state index contributed by atoms with van der Waals surface area (Å²) in [5, 5.41) is 20.9. The summed E-state index contributed by atoms with van der Waals surface area (Å²) < 4.78 is 44.4. The fraction of sp³-hybridized carbons (Fsp3) is 0.552. The van der Waals surface area contributed by atoms with E-state index in [-0.39, 0.29) is 31.1 Å². The van der Waals surface area contributed by atoms with Crippen molar-refractivity contribution in [2.75, 3.05) is 32.8 Å². The molecule has 2 saturated heterocycles. The van der Waals surface area contributed by atoms with Gasteiger partial charge in [-0.1, -0.05) is 12.5 Å². The highest BCUT2D eigenvalue weighted by molar-refractivity contribution is 5.94. The maximum absolute atomic E-state index is 13.3. The average Bonchev–Trinajstić information content (AvgIpc) is 2.96. The van der Waals surface area contributed by atoms with Crippen molar-refractivity contribution in [1.82, 2.24) is 14.8 Å². The number of esters is 1. The molecule has 0 saturated carbocycles. The number of aliphatic hydroxyl groups excluding tert-OH is 2. The number of cyclic esters (lactones) is 1. The molecule has 1 amide bonds. The van der Waals surface area contributed by atoms with Crippen LogP contribution >= 0.6 is 0 Å². The van der Waals surface area contributed by atoms with E-state index >= 15 is 0 Å². The standard InChI is InChI=1S/C29H36F3N3O5/c30-29(31,32)22-8-6-21(7-9-22)26(38)35-15-4-2-11-28(27(39)40-20-25(37)24(36)10-16-35)12-17-34(18-13-28)19-23-5-1-3-14-33-23/h1,3,5-9,14,24-25,36-37H,2,4,10-13,15-20H2/t24-,25+/m0/s1. The first kappa shape index (κ1) is 30.0. The Balaban J connectivity index is 1.43. The van der Waals surface area contributed by atoms with Gasteiger partial charge in [-0.15, -0.1) is 0 Å². The van der Waals surface area contributed by atoms with Gasteiger partial charge in [0.1, 0.15) is 12.7 Å². The van der Waals surface area contributed by atoms with Crippen LogP contribution in [0.5, 0.6) is 0 Å². The summed E-state index contributed by atoms with van der Waals surface area (Å²) in [6.07, 6.45) is -2.40. The molecule has 0 bridgehead atoms. The molecule has 2 aliphatic heterocycles. The van der Waals surface area contributed by atoms with E-state index < -0.39 is 35.3 Å². The number of ether oxygens (including phenoxy) is 1. The van der Waals surface area contributed by atoms with Crippen LogP contribution in [0.25, 0.3) is 0 Å². The van der Waals surface area contributed by atoms with Crippen LogP contribution in [-0.2, 0) is 22.3 Å². The summed E-state index contributed by atoms with van der Waals surface area (Å²) >= 11 is 0. The van der Waals surface area contributed by atoms with E-state index in [1.54, 1.807) is 6.20 Å². The van der Waals surface area contributed by atoms with Crippen LogP contribution in [0.15, 0.2) is 48.7 Å². The monoisotopic (exact) mass is 563 g/mol. The second-order valence-corrected chi connectivity index (χ2v) is 10.7. The summed E-state index contributed by atoms with van der Waals surface area (Å²) in [4.78, 5) is 34.6. The molecule has 1 aromatic heterocycles. The summed E-state index contributed by atoms with van der Waals surface area (Å²) in [5.41, 5.74) is -0.510. The minimum Gasteiger partial charge on any atom is -0.462 e. The molecule has 2 atom stereocenters. The fourth-order valence-electron chi connectivity index (χ4n) is 5.39. The van der Waals surface area contributed by atoms with Gasteiger partial charge in [-0.25, -0.2) is 0 Å². The molecule has 11 heteroatoms. The van der Waals surface area contributed by atoms with E-state index in [9.17, 15) is 33.0 Å². The Hall–Kier alpha value is -3.02. The predicted octanol–water partition coefficient (Wildman–Crippen LogP) is 3.66. The normalized spacial score (nSPS) is 23.5. The van der Waals surface area contributed by atoms with Gasteiger partial charge in [0.15, 0.2) is 0 Å². The van der Waals surface area contributed by atoms with E-state index in [4.69, 9.17) is 4.74 Å². The summed E-state index contributed by atoms with van der Waals surface area (Å²) in [6, 6.07) is 9.81. The Morgan fingerprint density at radius 2 is 1.70 bits per heavy atom. The van der Waals surface area contributed by atoms with Crippen LogP contribution in [0.3, 0.4) is 0 Å². The van der Waals surface area contributed by atoms with Crippen molar-refractivity contribution in [3.8, 4) is 0 Å². The maximum Gasteiger partial charge on any atom is 0.416 e. The number of pyridine rings is 1. The molecule has 1 aromatic carbocycles. The number of halogens is 3. The predicted molar refractivity (Wildman–Crippen MR) is 140 cm³/mol. The van der Waals surface area contributed by atoms with Crippen LogP contribution in [-0.4, -0.2) is 81.9 Å². The van der Waals surface area contributed by atoms with Gasteiger partial charge in [0.25, 0.3) is 5.91 Å². The summed E-state index contributed by atoms with van der Waals surface area (Å²) in [7, 11) is 0. The van der Waals surface area contributed by atoms with Gasteiger partial charge in [-0.2, -0.15) is 13.2 Å². The topological polar surface area (TPSA) is 103 Å². The summed E-state index contributed by atoms with van der Waals surface area (Å²) in [5.74, 6) is -0.830. The van der Waals surface area contributed by atoms with Gasteiger partial charge in [0, 0.05) is 31.4 Å². The lowest BCUT2D eigenvalue weighted by Crippen LogP contribution is -2.46. The van der Waals surface area contributed by atoms with Gasteiger partial charge in [-0.3, -0.25) is 19.5 Å². The number of benzene rings is 1. The number of alkyl halides is 3. The molecular weight excluding hydrogens is 527 g/mol. The van der Waals surface area contributed by atoms with E-state index in [1.165, 1.54) is 4.90 Å². The third kappa shape index (κ3) is 7.58. The molecule has 2 fully saturated rings. The van der Waals surface area contributed by atoms with Gasteiger partial charge >= 0.3 is 12.1 Å². The fourth-order valence-corrected chi connectivity index (χ4v) is 5.39. The van der Waals surface area contributed by atoms with Gasteiger partial charge in [-0.05, 0) is 81.6 Å². The first-order chi connectivity index (χ1) is 19.1. The number of rotatable bonds is 3. The van der Waals surface area contributed by atoms with Crippen molar-refractivity contribution >= 4 is 11.9 Å². The highest BCUT2D eigenvalue weighted by Crippen LogP contribution is 2.39. The molecule has 0 radical (unpaired) electrons. The van der Waals surface area contributed by atoms with Gasteiger partial charge in [0.2, 0.25) is 0 Å². The first-order valence-electron chi connectivity index (χ1n) is 13.7. The van der Waals surface area contributed by atoms with Crippen LogP contribution < -0.4 is 0 Å². The SMILES string of the molecule is O=C(c1ccc(C(F)(F)F)cc1)N1CCCCC2(CCN(Cc3ccccn3)CC2)C(=O)OC[C@@H](O)[C@@H](O)CC1. The van der Waals surface area contributed by atoms with Crippen molar-refractivity contribution in [3.05, 3.63) is 65.5 Å². The zero-order valence-electron chi connectivity index (χ0n) is 22.4. The van der Waals surface area contributed by atoms with Crippen LogP contribution in [0.2, 0.25) is 0 Å². The number of likely N-dealkylation sites (tertiary alicyclic amines) is 1. The number of piperidine rings is 1. The molecule has 2 N–H and O–H groups in total. The third-order valence-corrected chi connectivity index (χ3v) is 7.96. The number of hydrogen-bond acceptors (Lipinski definition) is 7. The number of aliphatic hydroxyl groups is 2. The Labute approximate surface area is 231 Å². The highest BCUT2D eigenvalue weighted by Gasteiger charge is 2.43. The molecule has 4 rings (SSSR count). The van der Waals surface area contributed by atoms with Gasteiger partial charge < -0.3 is 19.8 Å².